The van der Waals surface area contributed by atoms with E-state index in [4.69, 9.17) is 4.74 Å². The van der Waals surface area contributed by atoms with E-state index in [0.717, 1.165) is 22.4 Å². The molecule has 5 aliphatic rings. The summed E-state index contributed by atoms with van der Waals surface area (Å²) in [6.45, 7) is 1.96. The molecule has 230 valence electrons. The number of fused-ring (bicyclic) bond motifs is 5. The first kappa shape index (κ1) is 27.8. The van der Waals surface area contributed by atoms with Gasteiger partial charge in [-0.25, -0.2) is 0 Å². The summed E-state index contributed by atoms with van der Waals surface area (Å²) in [5.74, 6) is -3.95. The molecular weight excluding hydrogens is 562 g/mol. The molecule has 2 aromatic carbocycles. The molecule has 4 fully saturated rings. The third kappa shape index (κ3) is 3.86. The molecule has 0 saturated carbocycles. The summed E-state index contributed by atoms with van der Waals surface area (Å²) in [6, 6.07) is 13.7. The highest BCUT2D eigenvalue weighted by molar-refractivity contribution is 5.97. The van der Waals surface area contributed by atoms with Crippen molar-refractivity contribution >= 4 is 28.6 Å². The summed E-state index contributed by atoms with van der Waals surface area (Å²) >= 11 is 0. The first-order chi connectivity index (χ1) is 21.1. The van der Waals surface area contributed by atoms with Gasteiger partial charge in [0.15, 0.2) is 0 Å². The van der Waals surface area contributed by atoms with E-state index in [-0.39, 0.29) is 37.1 Å². The van der Waals surface area contributed by atoms with Crippen molar-refractivity contribution in [2.75, 3.05) is 13.6 Å². The molecule has 3 amide bonds. The molecule has 4 N–H and O–H groups in total. The summed E-state index contributed by atoms with van der Waals surface area (Å²) in [6.07, 6.45) is 3.12. The number of carbonyl (C=O) groups is 3. The normalized spacial score (nSPS) is 36.4. The van der Waals surface area contributed by atoms with E-state index in [0.29, 0.717) is 13.0 Å². The van der Waals surface area contributed by atoms with Crippen molar-refractivity contribution in [3.05, 3.63) is 71.4 Å². The third-order valence-corrected chi connectivity index (χ3v) is 10.7. The molecule has 0 radical (unpaired) electrons. The monoisotopic (exact) mass is 599 g/mol. The number of aromatic amines is 1. The zero-order valence-corrected chi connectivity index (χ0v) is 24.8. The van der Waals surface area contributed by atoms with Crippen LogP contribution in [0.5, 0.6) is 0 Å². The zero-order chi connectivity index (χ0) is 30.5. The lowest BCUT2D eigenvalue weighted by molar-refractivity contribution is -0.319. The predicted molar refractivity (Wildman–Crippen MR) is 159 cm³/mol. The summed E-state index contributed by atoms with van der Waals surface area (Å²) < 4.78 is 6.19. The van der Waals surface area contributed by atoms with Gasteiger partial charge in [0.1, 0.15) is 18.3 Å². The van der Waals surface area contributed by atoms with Gasteiger partial charge in [0.05, 0.1) is 5.92 Å². The molecule has 5 heterocycles. The molecule has 1 aliphatic carbocycles. The number of H-pyrrole nitrogens is 1. The van der Waals surface area contributed by atoms with Crippen LogP contribution in [0.3, 0.4) is 0 Å². The lowest BCUT2D eigenvalue weighted by atomic mass is 9.72. The Hall–Kier alpha value is -3.77. The van der Waals surface area contributed by atoms with Crippen molar-refractivity contribution < 1.29 is 29.3 Å². The summed E-state index contributed by atoms with van der Waals surface area (Å²) in [7, 11) is 2.04. The summed E-state index contributed by atoms with van der Waals surface area (Å²) in [5.41, 5.74) is 2.50. The second-order valence-electron chi connectivity index (χ2n) is 13.3. The lowest BCUT2D eigenvalue weighted by Gasteiger charge is -2.49. The number of aromatic nitrogens is 1. The number of aliphatic hydroxyl groups is 2. The van der Waals surface area contributed by atoms with E-state index in [2.05, 4.69) is 33.5 Å². The van der Waals surface area contributed by atoms with Gasteiger partial charge < -0.3 is 30.3 Å². The fourth-order valence-corrected chi connectivity index (χ4v) is 8.67. The van der Waals surface area contributed by atoms with Gasteiger partial charge in [-0.05, 0) is 62.4 Å². The number of carbonyl (C=O) groups excluding carboxylic acids is 3. The highest BCUT2D eigenvalue weighted by atomic mass is 16.7. The van der Waals surface area contributed by atoms with Crippen LogP contribution < -0.4 is 5.32 Å². The van der Waals surface area contributed by atoms with Gasteiger partial charge in [0.2, 0.25) is 17.5 Å². The second kappa shape index (κ2) is 9.61. The Bertz CT molecular complexity index is 1680. The van der Waals surface area contributed by atoms with Crippen LogP contribution in [0.2, 0.25) is 0 Å². The van der Waals surface area contributed by atoms with Crippen molar-refractivity contribution in [2.45, 2.75) is 80.9 Å². The van der Waals surface area contributed by atoms with E-state index in [9.17, 15) is 24.6 Å². The molecular formula is C33H37N5O6. The van der Waals surface area contributed by atoms with Crippen LogP contribution in [0.1, 0.15) is 48.8 Å². The van der Waals surface area contributed by atoms with E-state index < -0.39 is 47.7 Å². The number of likely N-dealkylation sites (tertiary alicyclic amines) is 1. The molecule has 0 bridgehead atoms. The molecule has 0 unspecified atom stereocenters. The fraction of sp³-hybridized carbons (Fsp3) is 0.485. The van der Waals surface area contributed by atoms with Crippen LogP contribution in [0.25, 0.3) is 10.9 Å². The molecule has 11 heteroatoms. The first-order valence-electron chi connectivity index (χ1n) is 15.5. The van der Waals surface area contributed by atoms with Gasteiger partial charge in [0, 0.05) is 42.0 Å². The standard InChI is InChI=1S/C33H37N5O6/c1-32(35-29(40)20-14-22-21-9-6-10-23-28(21)19(16-34-23)15-24(22)36(2)17-20)31(42)38-25(13-18-7-4-3-5-8-18)30(41)37-26(11-12-27(37)39)33(38,43)44-32/h3-10,16,20,22,24-27,34,39,43H,11-15,17H2,1-2H3,(H,35,40)/t20-,22-,24-,25+,26+,27-,32-,33+/m1/s1. The number of nitrogens with zero attached hydrogens (tertiary/aromatic N) is 3. The number of likely N-dealkylation sites (N-methyl/N-ethyl adjacent to an activating group) is 1. The zero-order valence-electron chi connectivity index (χ0n) is 24.8. The third-order valence-electron chi connectivity index (χ3n) is 10.7. The number of hydrogen-bond acceptors (Lipinski definition) is 7. The second-order valence-corrected chi connectivity index (χ2v) is 13.3. The van der Waals surface area contributed by atoms with Crippen molar-refractivity contribution in [1.29, 1.82) is 0 Å². The molecule has 8 rings (SSSR count). The van der Waals surface area contributed by atoms with Gasteiger partial charge in [-0.3, -0.25) is 24.0 Å². The predicted octanol–water partition coefficient (Wildman–Crippen LogP) is 1.40. The SMILES string of the molecule is CN1C[C@H](C(=O)N[C@]2(C)O[C@@]3(O)[C@@H]4CC[C@@H](O)N4C(=O)[C@H](Cc4ccccc4)N3C2=O)C[C@@H]2c3cccc4[nH]cc(c34)C[C@H]21. The highest BCUT2D eigenvalue weighted by Crippen LogP contribution is 2.48. The Balaban J connectivity index is 1.08. The Labute approximate surface area is 254 Å². The average molecular weight is 600 g/mol. The Morgan fingerprint density at radius 3 is 2.73 bits per heavy atom. The number of aliphatic hydroxyl groups excluding tert-OH is 1. The van der Waals surface area contributed by atoms with Crippen LogP contribution in [0.15, 0.2) is 54.7 Å². The molecule has 4 saturated heterocycles. The van der Waals surface area contributed by atoms with Crippen LogP contribution >= 0.6 is 0 Å². The van der Waals surface area contributed by atoms with Crippen LogP contribution in [-0.4, -0.2) is 97.2 Å². The van der Waals surface area contributed by atoms with Gasteiger partial charge in [0.25, 0.3) is 11.8 Å². The minimum Gasteiger partial charge on any atom is -0.374 e. The van der Waals surface area contributed by atoms with Crippen LogP contribution in [-0.2, 0) is 32.0 Å². The number of hydrogen-bond donors (Lipinski definition) is 4. The topological polar surface area (TPSA) is 138 Å². The van der Waals surface area contributed by atoms with Crippen molar-refractivity contribution in [2.24, 2.45) is 5.92 Å². The van der Waals surface area contributed by atoms with Gasteiger partial charge >= 0.3 is 0 Å². The molecule has 1 aromatic heterocycles. The summed E-state index contributed by atoms with van der Waals surface area (Å²) in [5, 5.41) is 26.9. The molecule has 3 aromatic rings. The van der Waals surface area contributed by atoms with Crippen LogP contribution in [0.4, 0.5) is 0 Å². The largest absolute Gasteiger partial charge is 0.374 e. The van der Waals surface area contributed by atoms with Gasteiger partial charge in [-0.15, -0.1) is 0 Å². The summed E-state index contributed by atoms with van der Waals surface area (Å²) in [4.78, 5) is 49.9. The van der Waals surface area contributed by atoms with E-state index in [1.54, 1.807) is 0 Å². The number of rotatable bonds is 4. The molecule has 44 heavy (non-hydrogen) atoms. The van der Waals surface area contributed by atoms with E-state index >= 15 is 0 Å². The van der Waals surface area contributed by atoms with Crippen molar-refractivity contribution in [3.8, 4) is 0 Å². The molecule has 4 aliphatic heterocycles. The smallest absolute Gasteiger partial charge is 0.280 e. The number of amides is 3. The Morgan fingerprint density at radius 1 is 1.14 bits per heavy atom. The van der Waals surface area contributed by atoms with Gasteiger partial charge in [-0.1, -0.05) is 42.5 Å². The Morgan fingerprint density at radius 2 is 1.93 bits per heavy atom. The first-order valence-corrected chi connectivity index (χ1v) is 15.5. The maximum Gasteiger partial charge on any atom is 0.280 e. The maximum atomic E-state index is 14.2. The molecule has 0 spiro atoms. The van der Waals surface area contributed by atoms with Crippen molar-refractivity contribution in [1.82, 2.24) is 25.0 Å². The number of benzene rings is 2. The lowest BCUT2D eigenvalue weighted by Crippen LogP contribution is -2.72. The molecule has 8 atom stereocenters. The minimum absolute atomic E-state index is 0.125. The van der Waals surface area contributed by atoms with Gasteiger partial charge in [-0.2, -0.15) is 0 Å². The fourth-order valence-electron chi connectivity index (χ4n) is 8.67. The number of piperazine rings is 1. The average Bonchev–Trinajstić information content (AvgIpc) is 3.66. The van der Waals surface area contributed by atoms with E-state index in [1.807, 2.05) is 43.4 Å². The van der Waals surface area contributed by atoms with Crippen LogP contribution in [0, 0.1) is 5.92 Å². The molecule has 11 nitrogen and oxygen atoms in total. The minimum atomic E-state index is -2.21. The number of piperidine rings is 1. The number of nitrogens with one attached hydrogen (secondary N) is 2. The quantitative estimate of drug-likeness (QED) is 0.356. The number of ether oxygens (including phenoxy) is 1. The van der Waals surface area contributed by atoms with Crippen molar-refractivity contribution in [3.63, 3.8) is 0 Å². The maximum absolute atomic E-state index is 14.2. The highest BCUT2D eigenvalue weighted by Gasteiger charge is 2.71. The van der Waals surface area contributed by atoms with E-state index in [1.165, 1.54) is 28.3 Å². The Kier molecular flexibility index (Phi) is 6.06.